The first-order valence-corrected chi connectivity index (χ1v) is 8.53. The summed E-state index contributed by atoms with van der Waals surface area (Å²) in [6.07, 6.45) is 3.38. The van der Waals surface area contributed by atoms with Gasteiger partial charge in [-0.15, -0.1) is 0 Å². The molecule has 0 fully saturated rings. The molecule has 120 valence electrons. The Labute approximate surface area is 137 Å². The van der Waals surface area contributed by atoms with Gasteiger partial charge in [-0.1, -0.05) is 35.8 Å². The molecule has 0 bridgehead atoms. The fraction of sp³-hybridized carbons (Fsp3) is 0.647. The third-order valence-corrected chi connectivity index (χ3v) is 4.67. The summed E-state index contributed by atoms with van der Waals surface area (Å²) in [4.78, 5) is 0. The quantitative estimate of drug-likeness (QED) is 0.600. The monoisotopic (exact) mass is 357 g/mol. The van der Waals surface area contributed by atoms with Crippen molar-refractivity contribution in [3.05, 3.63) is 28.7 Å². The number of benzene rings is 1. The van der Waals surface area contributed by atoms with Crippen LogP contribution in [0.15, 0.2) is 28.7 Å². The van der Waals surface area contributed by atoms with Gasteiger partial charge in [-0.2, -0.15) is 0 Å². The Morgan fingerprint density at radius 1 is 1.19 bits per heavy atom. The number of nitrogens with one attached hydrogen (secondary N) is 1. The topological polar surface area (TPSA) is 30.5 Å². The minimum absolute atomic E-state index is 0.305. The zero-order chi connectivity index (χ0) is 15.6. The number of ether oxygens (including phenoxy) is 2. The van der Waals surface area contributed by atoms with Crippen LogP contribution in [0.4, 0.5) is 0 Å². The molecular formula is C17H28BrNO2. The highest BCUT2D eigenvalue weighted by Crippen LogP contribution is 2.30. The Bertz CT molecular complexity index is 394. The number of halogens is 1. The van der Waals surface area contributed by atoms with E-state index in [1.54, 1.807) is 7.11 Å². The van der Waals surface area contributed by atoms with Crippen LogP contribution in [0.2, 0.25) is 0 Å². The second-order valence-electron chi connectivity index (χ2n) is 5.43. The van der Waals surface area contributed by atoms with E-state index in [1.165, 1.54) is 0 Å². The van der Waals surface area contributed by atoms with Gasteiger partial charge in [-0.05, 0) is 42.9 Å². The van der Waals surface area contributed by atoms with Crippen LogP contribution >= 0.6 is 15.9 Å². The largest absolute Gasteiger partial charge is 0.494 e. The van der Waals surface area contributed by atoms with Gasteiger partial charge >= 0.3 is 0 Å². The zero-order valence-corrected chi connectivity index (χ0v) is 15.0. The van der Waals surface area contributed by atoms with E-state index in [-0.39, 0.29) is 0 Å². The van der Waals surface area contributed by atoms with Gasteiger partial charge in [0.25, 0.3) is 0 Å². The average molecular weight is 358 g/mol. The number of hydrogen-bond donors (Lipinski definition) is 1. The van der Waals surface area contributed by atoms with Crippen molar-refractivity contribution in [3.63, 3.8) is 0 Å². The molecular weight excluding hydrogens is 330 g/mol. The van der Waals surface area contributed by atoms with Crippen LogP contribution in [-0.4, -0.2) is 33.4 Å². The van der Waals surface area contributed by atoms with E-state index in [2.05, 4.69) is 35.1 Å². The minimum atomic E-state index is 0.305. The number of rotatable bonds is 11. The molecule has 0 aliphatic carbocycles. The van der Waals surface area contributed by atoms with Crippen LogP contribution in [0.25, 0.3) is 0 Å². The average Bonchev–Trinajstić information content (AvgIpc) is 2.50. The molecule has 0 heterocycles. The van der Waals surface area contributed by atoms with Crippen molar-refractivity contribution in [1.29, 1.82) is 0 Å². The molecule has 0 unspecified atom stereocenters. The molecule has 0 aliphatic rings. The van der Waals surface area contributed by atoms with Gasteiger partial charge < -0.3 is 14.8 Å². The van der Waals surface area contributed by atoms with E-state index >= 15 is 0 Å². The molecule has 0 saturated heterocycles. The third-order valence-electron chi connectivity index (χ3n) is 4.18. The van der Waals surface area contributed by atoms with Gasteiger partial charge in [0.1, 0.15) is 5.75 Å². The molecule has 0 radical (unpaired) electrons. The lowest BCUT2D eigenvalue weighted by Crippen LogP contribution is -2.36. The molecule has 3 nitrogen and oxygen atoms in total. The maximum atomic E-state index is 5.89. The summed E-state index contributed by atoms with van der Waals surface area (Å²) in [6, 6.07) is 8.02. The van der Waals surface area contributed by atoms with E-state index in [0.717, 1.165) is 55.8 Å². The molecule has 0 spiro atoms. The predicted molar refractivity (Wildman–Crippen MR) is 92.0 cm³/mol. The highest BCUT2D eigenvalue weighted by atomic mass is 79.9. The van der Waals surface area contributed by atoms with Crippen LogP contribution in [-0.2, 0) is 4.74 Å². The zero-order valence-electron chi connectivity index (χ0n) is 13.5. The van der Waals surface area contributed by atoms with Crippen LogP contribution in [0, 0.1) is 5.41 Å². The minimum Gasteiger partial charge on any atom is -0.494 e. The van der Waals surface area contributed by atoms with E-state index < -0.39 is 0 Å². The SMILES string of the molecule is CCC(CC)(CCOc1cccc(Br)c1)CNCCOC. The number of methoxy groups -OCH3 is 1. The van der Waals surface area contributed by atoms with Crippen molar-refractivity contribution in [2.45, 2.75) is 33.1 Å². The van der Waals surface area contributed by atoms with Crippen molar-refractivity contribution >= 4 is 15.9 Å². The normalized spacial score (nSPS) is 11.6. The summed E-state index contributed by atoms with van der Waals surface area (Å²) in [6.45, 7) is 7.97. The van der Waals surface area contributed by atoms with Crippen molar-refractivity contribution in [2.75, 3.05) is 33.4 Å². The maximum absolute atomic E-state index is 5.89. The van der Waals surface area contributed by atoms with Crippen LogP contribution in [0.3, 0.4) is 0 Å². The molecule has 4 heteroatoms. The summed E-state index contributed by atoms with van der Waals surface area (Å²) in [7, 11) is 1.74. The standard InChI is InChI=1S/C17H28BrNO2/c1-4-17(5-2,14-19-10-12-20-3)9-11-21-16-8-6-7-15(18)13-16/h6-8,13,19H,4-5,9-12,14H2,1-3H3. The molecule has 0 amide bonds. The third kappa shape index (κ3) is 6.81. The predicted octanol–water partition coefficient (Wildman–Crippen LogP) is 4.26. The highest BCUT2D eigenvalue weighted by Gasteiger charge is 2.25. The van der Waals surface area contributed by atoms with Crippen molar-refractivity contribution < 1.29 is 9.47 Å². The Hall–Kier alpha value is -0.580. The van der Waals surface area contributed by atoms with Crippen molar-refractivity contribution in [1.82, 2.24) is 5.32 Å². The molecule has 0 saturated carbocycles. The molecule has 1 aromatic rings. The first-order valence-electron chi connectivity index (χ1n) is 7.74. The van der Waals surface area contributed by atoms with E-state index in [0.29, 0.717) is 5.41 Å². The summed E-state index contributed by atoms with van der Waals surface area (Å²) in [5, 5.41) is 3.50. The molecule has 1 rings (SSSR count). The second-order valence-corrected chi connectivity index (χ2v) is 6.35. The number of hydrogen-bond acceptors (Lipinski definition) is 3. The Morgan fingerprint density at radius 2 is 1.95 bits per heavy atom. The summed E-state index contributed by atoms with van der Waals surface area (Å²) < 4.78 is 12.0. The molecule has 1 aromatic carbocycles. The Kier molecular flexibility index (Phi) is 8.97. The highest BCUT2D eigenvalue weighted by molar-refractivity contribution is 9.10. The van der Waals surface area contributed by atoms with Crippen LogP contribution < -0.4 is 10.1 Å². The molecule has 0 atom stereocenters. The Morgan fingerprint density at radius 3 is 2.57 bits per heavy atom. The van der Waals surface area contributed by atoms with Gasteiger partial charge in [0.15, 0.2) is 0 Å². The molecule has 21 heavy (non-hydrogen) atoms. The van der Waals surface area contributed by atoms with E-state index in [9.17, 15) is 0 Å². The first kappa shape index (κ1) is 18.5. The molecule has 1 N–H and O–H groups in total. The van der Waals surface area contributed by atoms with Gasteiger partial charge in [0.2, 0.25) is 0 Å². The van der Waals surface area contributed by atoms with Crippen LogP contribution in [0.1, 0.15) is 33.1 Å². The van der Waals surface area contributed by atoms with Crippen molar-refractivity contribution in [3.8, 4) is 5.75 Å². The summed E-state index contributed by atoms with van der Waals surface area (Å²) in [5.41, 5.74) is 0.305. The molecule has 0 aromatic heterocycles. The summed E-state index contributed by atoms with van der Waals surface area (Å²) >= 11 is 3.47. The smallest absolute Gasteiger partial charge is 0.120 e. The fourth-order valence-corrected chi connectivity index (χ4v) is 2.79. The Balaban J connectivity index is 2.42. The van der Waals surface area contributed by atoms with Gasteiger partial charge in [0.05, 0.1) is 13.2 Å². The fourth-order valence-electron chi connectivity index (χ4n) is 2.41. The molecule has 0 aliphatic heterocycles. The van der Waals surface area contributed by atoms with Crippen LogP contribution in [0.5, 0.6) is 5.75 Å². The van der Waals surface area contributed by atoms with Gasteiger partial charge in [0, 0.05) is 24.7 Å². The van der Waals surface area contributed by atoms with Crippen molar-refractivity contribution in [2.24, 2.45) is 5.41 Å². The van der Waals surface area contributed by atoms with E-state index in [4.69, 9.17) is 9.47 Å². The first-order chi connectivity index (χ1) is 10.2. The summed E-state index contributed by atoms with van der Waals surface area (Å²) in [5.74, 6) is 0.929. The lowest BCUT2D eigenvalue weighted by Gasteiger charge is -2.32. The van der Waals surface area contributed by atoms with Gasteiger partial charge in [-0.25, -0.2) is 0 Å². The lowest BCUT2D eigenvalue weighted by molar-refractivity contribution is 0.161. The second kappa shape index (κ2) is 10.2. The maximum Gasteiger partial charge on any atom is 0.120 e. The van der Waals surface area contributed by atoms with E-state index in [1.807, 2.05) is 24.3 Å². The van der Waals surface area contributed by atoms with Gasteiger partial charge in [-0.3, -0.25) is 0 Å². The lowest BCUT2D eigenvalue weighted by atomic mass is 9.79.